The minimum absolute atomic E-state index is 0.508. The van der Waals surface area contributed by atoms with Crippen molar-refractivity contribution < 1.29 is 0 Å². The van der Waals surface area contributed by atoms with Crippen LogP contribution in [0.25, 0.3) is 0 Å². The van der Waals surface area contributed by atoms with Gasteiger partial charge in [-0.25, -0.2) is 4.98 Å². The Balaban J connectivity index is 3.05. The monoisotopic (exact) mass is 248 g/mol. The lowest BCUT2D eigenvalue weighted by atomic mass is 10.1. The molecule has 0 amide bonds. The van der Waals surface area contributed by atoms with Gasteiger partial charge < -0.3 is 5.73 Å². The lowest BCUT2D eigenvalue weighted by Gasteiger charge is -2.04. The summed E-state index contributed by atoms with van der Waals surface area (Å²) >= 11 is 9.11. The topological polar surface area (TPSA) is 38.9 Å². The maximum Gasteiger partial charge on any atom is 0.143 e. The molecule has 1 rings (SSSR count). The van der Waals surface area contributed by atoms with Crippen molar-refractivity contribution in [1.82, 2.24) is 4.98 Å². The molecule has 0 fully saturated rings. The third-order valence-electron chi connectivity index (χ3n) is 1.64. The van der Waals surface area contributed by atoms with Gasteiger partial charge in [0.05, 0.1) is 4.47 Å². The Morgan fingerprint density at radius 2 is 2.33 bits per heavy atom. The van der Waals surface area contributed by atoms with E-state index in [9.17, 15) is 0 Å². The smallest absolute Gasteiger partial charge is 0.143 e. The first kappa shape index (κ1) is 9.96. The third kappa shape index (κ3) is 2.19. The van der Waals surface area contributed by atoms with Crippen LogP contribution in [0.4, 0.5) is 0 Å². The van der Waals surface area contributed by atoms with E-state index in [4.69, 9.17) is 17.3 Å². The normalized spacial score (nSPS) is 10.3. The molecule has 0 atom stereocenters. The van der Waals surface area contributed by atoms with Gasteiger partial charge in [-0.05, 0) is 47.4 Å². The van der Waals surface area contributed by atoms with Crippen molar-refractivity contribution in [2.24, 2.45) is 5.73 Å². The van der Waals surface area contributed by atoms with Crippen LogP contribution >= 0.6 is 27.5 Å². The fourth-order valence-electron chi connectivity index (χ4n) is 0.998. The fourth-order valence-corrected chi connectivity index (χ4v) is 1.54. The molecule has 1 aromatic rings. The molecule has 0 unspecified atom stereocenters. The van der Waals surface area contributed by atoms with E-state index in [-0.39, 0.29) is 0 Å². The van der Waals surface area contributed by atoms with Gasteiger partial charge in [-0.1, -0.05) is 11.6 Å². The quantitative estimate of drug-likeness (QED) is 0.817. The maximum atomic E-state index is 5.80. The summed E-state index contributed by atoms with van der Waals surface area (Å²) in [5, 5.41) is 0.508. The predicted molar refractivity (Wildman–Crippen MR) is 54.4 cm³/mol. The lowest BCUT2D eigenvalue weighted by Crippen LogP contribution is -2.05. The van der Waals surface area contributed by atoms with E-state index in [1.807, 2.05) is 13.0 Å². The molecule has 2 nitrogen and oxygen atoms in total. The molecule has 1 aromatic heterocycles. The first-order chi connectivity index (χ1) is 5.65. The van der Waals surface area contributed by atoms with Crippen molar-refractivity contribution in [2.45, 2.75) is 13.3 Å². The van der Waals surface area contributed by atoms with Gasteiger partial charge in [0.2, 0.25) is 0 Å². The van der Waals surface area contributed by atoms with Crippen LogP contribution in [-0.2, 0) is 6.42 Å². The molecule has 0 saturated carbocycles. The van der Waals surface area contributed by atoms with Crippen molar-refractivity contribution in [2.75, 3.05) is 6.54 Å². The molecule has 0 aliphatic heterocycles. The first-order valence-electron chi connectivity index (χ1n) is 3.66. The molecule has 4 heteroatoms. The average Bonchev–Trinajstić information content (AvgIpc) is 2.01. The van der Waals surface area contributed by atoms with Gasteiger partial charge in [0, 0.05) is 5.69 Å². The lowest BCUT2D eigenvalue weighted by molar-refractivity contribution is 0.937. The van der Waals surface area contributed by atoms with Gasteiger partial charge in [-0.2, -0.15) is 0 Å². The Kier molecular flexibility index (Phi) is 3.50. The van der Waals surface area contributed by atoms with E-state index < -0.39 is 0 Å². The average molecular weight is 250 g/mol. The van der Waals surface area contributed by atoms with Crippen LogP contribution in [0.5, 0.6) is 0 Å². The van der Waals surface area contributed by atoms with E-state index >= 15 is 0 Å². The van der Waals surface area contributed by atoms with Gasteiger partial charge in [-0.3, -0.25) is 0 Å². The molecule has 0 bridgehead atoms. The van der Waals surface area contributed by atoms with Gasteiger partial charge in [-0.15, -0.1) is 0 Å². The molecular weight excluding hydrogens is 239 g/mol. The number of rotatable bonds is 2. The molecular formula is C8H10BrClN2. The molecule has 0 aromatic carbocycles. The Morgan fingerprint density at radius 3 is 2.92 bits per heavy atom. The fraction of sp³-hybridized carbons (Fsp3) is 0.375. The number of nitrogens with zero attached hydrogens (tertiary/aromatic N) is 1. The molecule has 1 heterocycles. The summed E-state index contributed by atoms with van der Waals surface area (Å²) in [6.45, 7) is 2.57. The largest absolute Gasteiger partial charge is 0.330 e. The van der Waals surface area contributed by atoms with Crippen LogP contribution in [-0.4, -0.2) is 11.5 Å². The third-order valence-corrected chi connectivity index (χ3v) is 2.76. The molecule has 12 heavy (non-hydrogen) atoms. The summed E-state index contributed by atoms with van der Waals surface area (Å²) in [7, 11) is 0. The Labute approximate surface area is 85.3 Å². The van der Waals surface area contributed by atoms with Crippen LogP contribution in [0, 0.1) is 6.92 Å². The first-order valence-corrected chi connectivity index (χ1v) is 4.84. The molecule has 0 radical (unpaired) electrons. The van der Waals surface area contributed by atoms with Crippen LogP contribution in [0.2, 0.25) is 5.15 Å². The predicted octanol–water partition coefficient (Wildman–Crippen LogP) is 2.31. The molecule has 0 aliphatic rings. The zero-order valence-electron chi connectivity index (χ0n) is 6.77. The Morgan fingerprint density at radius 1 is 1.67 bits per heavy atom. The maximum absolute atomic E-state index is 5.80. The van der Waals surface area contributed by atoms with Gasteiger partial charge in [0.1, 0.15) is 5.15 Å². The van der Waals surface area contributed by atoms with Crippen molar-refractivity contribution in [3.05, 3.63) is 26.9 Å². The zero-order chi connectivity index (χ0) is 9.14. The number of halogens is 2. The second-order valence-electron chi connectivity index (χ2n) is 2.54. The number of pyridine rings is 1. The van der Waals surface area contributed by atoms with Crippen LogP contribution < -0.4 is 5.73 Å². The van der Waals surface area contributed by atoms with E-state index in [2.05, 4.69) is 20.9 Å². The van der Waals surface area contributed by atoms with E-state index in [1.54, 1.807) is 0 Å². The summed E-state index contributed by atoms with van der Waals surface area (Å²) in [6.07, 6.45) is 0.842. The molecule has 2 N–H and O–H groups in total. The van der Waals surface area contributed by atoms with Crippen molar-refractivity contribution in [3.8, 4) is 0 Å². The molecule has 66 valence electrons. The van der Waals surface area contributed by atoms with Gasteiger partial charge in [0.25, 0.3) is 0 Å². The number of hydrogen-bond acceptors (Lipinski definition) is 2. The van der Waals surface area contributed by atoms with Crippen LogP contribution in [0.3, 0.4) is 0 Å². The number of aromatic nitrogens is 1. The van der Waals surface area contributed by atoms with Crippen LogP contribution in [0.1, 0.15) is 11.3 Å². The van der Waals surface area contributed by atoms with Gasteiger partial charge in [0.15, 0.2) is 0 Å². The second-order valence-corrected chi connectivity index (χ2v) is 3.76. The minimum atomic E-state index is 0.508. The Bertz CT molecular complexity index is 289. The SMILES string of the molecule is Cc1nc(Cl)c(Br)cc1CCN. The zero-order valence-corrected chi connectivity index (χ0v) is 9.11. The van der Waals surface area contributed by atoms with Crippen molar-refractivity contribution >= 4 is 27.5 Å². The summed E-state index contributed by atoms with van der Waals surface area (Å²) in [6, 6.07) is 1.97. The Hall–Kier alpha value is -0.120. The van der Waals surface area contributed by atoms with E-state index in [0.717, 1.165) is 22.2 Å². The summed E-state index contributed by atoms with van der Waals surface area (Å²) in [5.74, 6) is 0. The van der Waals surface area contributed by atoms with Crippen LogP contribution in [0.15, 0.2) is 10.5 Å². The highest BCUT2D eigenvalue weighted by Gasteiger charge is 2.04. The minimum Gasteiger partial charge on any atom is -0.330 e. The van der Waals surface area contributed by atoms with E-state index in [1.165, 1.54) is 0 Å². The number of aryl methyl sites for hydroxylation is 1. The highest BCUT2D eigenvalue weighted by atomic mass is 79.9. The van der Waals surface area contributed by atoms with Gasteiger partial charge >= 0.3 is 0 Å². The summed E-state index contributed by atoms with van der Waals surface area (Å²) in [4.78, 5) is 4.15. The molecule has 0 aliphatic carbocycles. The number of hydrogen-bond donors (Lipinski definition) is 1. The molecule has 0 spiro atoms. The second kappa shape index (κ2) is 4.21. The van der Waals surface area contributed by atoms with Crippen molar-refractivity contribution in [3.63, 3.8) is 0 Å². The summed E-state index contributed by atoms with van der Waals surface area (Å²) < 4.78 is 0.832. The summed E-state index contributed by atoms with van der Waals surface area (Å²) in [5.41, 5.74) is 7.54. The highest BCUT2D eigenvalue weighted by molar-refractivity contribution is 9.10. The number of nitrogens with two attached hydrogens (primary N) is 1. The standard InChI is InChI=1S/C8H10BrClN2/c1-5-6(2-3-11)4-7(9)8(10)12-5/h4H,2-3,11H2,1H3. The van der Waals surface area contributed by atoms with Crippen molar-refractivity contribution in [1.29, 1.82) is 0 Å². The highest BCUT2D eigenvalue weighted by Crippen LogP contribution is 2.22. The van der Waals surface area contributed by atoms with E-state index in [0.29, 0.717) is 11.7 Å². The molecule has 0 saturated heterocycles.